The molecule has 0 spiro atoms. The number of hydrogen-bond acceptors (Lipinski definition) is 3. The van der Waals surface area contributed by atoms with Gasteiger partial charge in [0.1, 0.15) is 5.03 Å². The van der Waals surface area contributed by atoms with Crippen molar-refractivity contribution in [3.05, 3.63) is 60.9 Å². The molecule has 1 aromatic carbocycles. The van der Waals surface area contributed by atoms with Crippen molar-refractivity contribution in [1.29, 1.82) is 0 Å². The number of benzene rings is 1. The highest BCUT2D eigenvalue weighted by Gasteiger charge is 2.03. The highest BCUT2D eigenvalue weighted by molar-refractivity contribution is 7.99. The minimum Gasteiger partial charge on any atom is -0.255 e. The number of pyridine rings is 2. The van der Waals surface area contributed by atoms with E-state index in [0.29, 0.717) is 0 Å². The van der Waals surface area contributed by atoms with Crippen LogP contribution in [-0.4, -0.2) is 9.97 Å². The molecule has 82 valence electrons. The summed E-state index contributed by atoms with van der Waals surface area (Å²) in [5.41, 5.74) is 1.03. The summed E-state index contributed by atoms with van der Waals surface area (Å²) < 4.78 is 0. The third-order valence-corrected chi connectivity index (χ3v) is 3.45. The molecule has 0 aliphatic heterocycles. The minimum atomic E-state index is 0.991. The molecule has 2 aromatic heterocycles. The first-order chi connectivity index (χ1) is 8.43. The van der Waals surface area contributed by atoms with Crippen LogP contribution >= 0.6 is 11.8 Å². The van der Waals surface area contributed by atoms with Crippen molar-refractivity contribution in [2.24, 2.45) is 0 Å². The van der Waals surface area contributed by atoms with Crippen molar-refractivity contribution >= 4 is 22.7 Å². The molecule has 0 aliphatic carbocycles. The van der Waals surface area contributed by atoms with Crippen LogP contribution in [0.3, 0.4) is 0 Å². The van der Waals surface area contributed by atoms with E-state index < -0.39 is 0 Å². The monoisotopic (exact) mass is 238 g/mol. The van der Waals surface area contributed by atoms with Gasteiger partial charge in [0, 0.05) is 22.7 Å². The number of para-hydroxylation sites is 1. The van der Waals surface area contributed by atoms with Crippen LogP contribution in [0.1, 0.15) is 0 Å². The first-order valence-electron chi connectivity index (χ1n) is 5.36. The van der Waals surface area contributed by atoms with Gasteiger partial charge < -0.3 is 0 Å². The Kier molecular flexibility index (Phi) is 2.76. The standard InChI is InChI=1S/C14H10N2S/c1-2-9-15-13(8-1)17-12-7-3-5-11-6-4-10-16-14(11)12/h1-10H. The van der Waals surface area contributed by atoms with Crippen LogP contribution < -0.4 is 0 Å². The Balaban J connectivity index is 2.06. The summed E-state index contributed by atoms with van der Waals surface area (Å²) in [6.45, 7) is 0. The fourth-order valence-corrected chi connectivity index (χ4v) is 2.58. The zero-order valence-electron chi connectivity index (χ0n) is 9.08. The van der Waals surface area contributed by atoms with Gasteiger partial charge in [-0.15, -0.1) is 0 Å². The largest absolute Gasteiger partial charge is 0.255 e. The van der Waals surface area contributed by atoms with Gasteiger partial charge in [-0.05, 0) is 24.3 Å². The van der Waals surface area contributed by atoms with Crippen LogP contribution in [0.5, 0.6) is 0 Å². The normalized spacial score (nSPS) is 10.6. The minimum absolute atomic E-state index is 0.991. The first-order valence-corrected chi connectivity index (χ1v) is 6.18. The summed E-state index contributed by atoms with van der Waals surface area (Å²) in [6, 6.07) is 16.2. The summed E-state index contributed by atoms with van der Waals surface area (Å²) in [4.78, 5) is 9.89. The predicted molar refractivity (Wildman–Crippen MR) is 70.1 cm³/mol. The van der Waals surface area contributed by atoms with Crippen LogP contribution in [-0.2, 0) is 0 Å². The molecule has 0 saturated carbocycles. The molecular weight excluding hydrogens is 228 g/mol. The zero-order valence-corrected chi connectivity index (χ0v) is 9.89. The molecule has 3 heteroatoms. The second-order valence-electron chi connectivity index (χ2n) is 3.60. The van der Waals surface area contributed by atoms with E-state index in [1.807, 2.05) is 30.5 Å². The van der Waals surface area contributed by atoms with Crippen molar-refractivity contribution < 1.29 is 0 Å². The van der Waals surface area contributed by atoms with E-state index in [9.17, 15) is 0 Å². The molecule has 2 nitrogen and oxygen atoms in total. The van der Waals surface area contributed by atoms with Gasteiger partial charge in [-0.1, -0.05) is 36.0 Å². The van der Waals surface area contributed by atoms with Gasteiger partial charge in [0.25, 0.3) is 0 Å². The second kappa shape index (κ2) is 4.55. The third-order valence-electron chi connectivity index (χ3n) is 2.45. The lowest BCUT2D eigenvalue weighted by molar-refractivity contribution is 1.13. The van der Waals surface area contributed by atoms with E-state index in [2.05, 4.69) is 34.2 Å². The topological polar surface area (TPSA) is 25.8 Å². The lowest BCUT2D eigenvalue weighted by Gasteiger charge is -2.04. The highest BCUT2D eigenvalue weighted by atomic mass is 32.2. The van der Waals surface area contributed by atoms with E-state index in [1.165, 1.54) is 0 Å². The van der Waals surface area contributed by atoms with E-state index in [-0.39, 0.29) is 0 Å². The van der Waals surface area contributed by atoms with E-state index >= 15 is 0 Å². The maximum absolute atomic E-state index is 4.43. The van der Waals surface area contributed by atoms with Crippen molar-refractivity contribution in [3.8, 4) is 0 Å². The average molecular weight is 238 g/mol. The summed E-state index contributed by atoms with van der Waals surface area (Å²) in [5, 5.41) is 2.15. The van der Waals surface area contributed by atoms with Gasteiger partial charge in [0.2, 0.25) is 0 Å². The summed E-state index contributed by atoms with van der Waals surface area (Å²) in [5.74, 6) is 0. The van der Waals surface area contributed by atoms with Gasteiger partial charge in [-0.2, -0.15) is 0 Å². The van der Waals surface area contributed by atoms with Crippen LogP contribution in [0.15, 0.2) is 70.8 Å². The molecular formula is C14H10N2S. The average Bonchev–Trinajstić information content (AvgIpc) is 2.40. The Morgan fingerprint density at radius 1 is 0.765 bits per heavy atom. The van der Waals surface area contributed by atoms with Crippen LogP contribution in [0.2, 0.25) is 0 Å². The quantitative estimate of drug-likeness (QED) is 0.679. The maximum Gasteiger partial charge on any atom is 0.101 e. The molecule has 0 bridgehead atoms. The van der Waals surface area contributed by atoms with Gasteiger partial charge in [-0.3, -0.25) is 4.98 Å². The van der Waals surface area contributed by atoms with E-state index in [1.54, 1.807) is 18.0 Å². The Labute approximate surface area is 104 Å². The molecule has 0 unspecified atom stereocenters. The lowest BCUT2D eigenvalue weighted by atomic mass is 10.2. The number of aromatic nitrogens is 2. The highest BCUT2D eigenvalue weighted by Crippen LogP contribution is 2.30. The fourth-order valence-electron chi connectivity index (χ4n) is 1.68. The van der Waals surface area contributed by atoms with Crippen molar-refractivity contribution in [1.82, 2.24) is 9.97 Å². The van der Waals surface area contributed by atoms with Gasteiger partial charge in [-0.25, -0.2) is 4.98 Å². The Morgan fingerprint density at radius 2 is 1.65 bits per heavy atom. The van der Waals surface area contributed by atoms with Crippen LogP contribution in [0, 0.1) is 0 Å². The molecule has 0 fully saturated rings. The van der Waals surface area contributed by atoms with Crippen molar-refractivity contribution in [3.63, 3.8) is 0 Å². The Bertz CT molecular complexity index is 633. The first kappa shape index (κ1) is 10.3. The summed E-state index contributed by atoms with van der Waals surface area (Å²) in [7, 11) is 0. The third kappa shape index (κ3) is 2.15. The molecule has 0 N–H and O–H groups in total. The van der Waals surface area contributed by atoms with Gasteiger partial charge in [0.05, 0.1) is 5.52 Å². The zero-order chi connectivity index (χ0) is 11.5. The number of hydrogen-bond donors (Lipinski definition) is 0. The molecule has 17 heavy (non-hydrogen) atoms. The van der Waals surface area contributed by atoms with Gasteiger partial charge >= 0.3 is 0 Å². The number of rotatable bonds is 2. The lowest BCUT2D eigenvalue weighted by Crippen LogP contribution is -1.83. The summed E-state index contributed by atoms with van der Waals surface area (Å²) >= 11 is 1.64. The molecule has 3 rings (SSSR count). The van der Waals surface area contributed by atoms with E-state index in [0.717, 1.165) is 20.8 Å². The predicted octanol–water partition coefficient (Wildman–Crippen LogP) is 3.78. The Hall–Kier alpha value is -1.87. The maximum atomic E-state index is 4.43. The summed E-state index contributed by atoms with van der Waals surface area (Å²) in [6.07, 6.45) is 3.63. The molecule has 0 aliphatic rings. The second-order valence-corrected chi connectivity index (χ2v) is 4.66. The van der Waals surface area contributed by atoms with Crippen LogP contribution in [0.25, 0.3) is 10.9 Å². The SMILES string of the molecule is c1ccc(Sc2cccc3cccnc23)nc1. The Morgan fingerprint density at radius 3 is 2.53 bits per heavy atom. The fraction of sp³-hybridized carbons (Fsp3) is 0. The molecule has 0 saturated heterocycles. The number of nitrogens with zero attached hydrogens (tertiary/aromatic N) is 2. The molecule has 2 heterocycles. The molecule has 0 atom stereocenters. The van der Waals surface area contributed by atoms with Crippen molar-refractivity contribution in [2.75, 3.05) is 0 Å². The van der Waals surface area contributed by atoms with Crippen LogP contribution in [0.4, 0.5) is 0 Å². The van der Waals surface area contributed by atoms with E-state index in [4.69, 9.17) is 0 Å². The molecule has 0 amide bonds. The smallest absolute Gasteiger partial charge is 0.101 e. The molecule has 3 aromatic rings. The number of fused-ring (bicyclic) bond motifs is 1. The van der Waals surface area contributed by atoms with Crippen molar-refractivity contribution in [2.45, 2.75) is 9.92 Å². The van der Waals surface area contributed by atoms with Gasteiger partial charge in [0.15, 0.2) is 0 Å². The molecule has 0 radical (unpaired) electrons.